The molecule has 0 bridgehead atoms. The van der Waals surface area contributed by atoms with Crippen LogP contribution < -0.4 is 10.0 Å². The van der Waals surface area contributed by atoms with E-state index in [1.807, 2.05) is 62.4 Å². The van der Waals surface area contributed by atoms with Gasteiger partial charge in [-0.1, -0.05) is 48.5 Å². The molecule has 2 N–H and O–H groups in total. The number of nitrogens with one attached hydrogen (secondary N) is 2. The molecule has 0 unspecified atom stereocenters. The van der Waals surface area contributed by atoms with Gasteiger partial charge in [-0.25, -0.2) is 8.42 Å². The molecular formula is C23H23IN2O3S. The molecule has 0 fully saturated rings. The second-order valence-electron chi connectivity index (χ2n) is 7.07. The van der Waals surface area contributed by atoms with Crippen molar-refractivity contribution < 1.29 is 13.2 Å². The Labute approximate surface area is 191 Å². The van der Waals surface area contributed by atoms with Gasteiger partial charge in [-0.3, -0.25) is 4.79 Å². The minimum absolute atomic E-state index is 0.126. The lowest BCUT2D eigenvalue weighted by Crippen LogP contribution is -2.45. The SMILES string of the molecule is Cc1cccc(C)c1NC(=O)[C@@H](Cc1ccccc1)NS(=O)(=O)c1ccc(I)cc1. The molecule has 5 nitrogen and oxygen atoms in total. The monoisotopic (exact) mass is 534 g/mol. The molecule has 0 aliphatic rings. The van der Waals surface area contributed by atoms with Crippen molar-refractivity contribution in [2.45, 2.75) is 31.2 Å². The Morgan fingerprint density at radius 2 is 1.50 bits per heavy atom. The van der Waals surface area contributed by atoms with Gasteiger partial charge in [-0.15, -0.1) is 0 Å². The van der Waals surface area contributed by atoms with Gasteiger partial charge in [0.15, 0.2) is 0 Å². The molecule has 0 saturated heterocycles. The fraction of sp³-hybridized carbons (Fsp3) is 0.174. The van der Waals surface area contributed by atoms with Crippen molar-refractivity contribution in [1.29, 1.82) is 0 Å². The first kappa shape index (κ1) is 22.5. The summed E-state index contributed by atoms with van der Waals surface area (Å²) in [6, 6.07) is 20.6. The van der Waals surface area contributed by atoms with Gasteiger partial charge in [0, 0.05) is 9.26 Å². The van der Waals surface area contributed by atoms with Gasteiger partial charge in [0.1, 0.15) is 6.04 Å². The van der Waals surface area contributed by atoms with Crippen LogP contribution in [0, 0.1) is 17.4 Å². The number of carbonyl (C=O) groups excluding carboxylic acids is 1. The first-order chi connectivity index (χ1) is 14.3. The molecular weight excluding hydrogens is 511 g/mol. The van der Waals surface area contributed by atoms with Gasteiger partial charge in [0.2, 0.25) is 15.9 Å². The summed E-state index contributed by atoms with van der Waals surface area (Å²) in [6.07, 6.45) is 0.237. The van der Waals surface area contributed by atoms with Crippen molar-refractivity contribution in [2.75, 3.05) is 5.32 Å². The Morgan fingerprint density at radius 1 is 0.900 bits per heavy atom. The van der Waals surface area contributed by atoms with Crippen molar-refractivity contribution in [3.05, 3.63) is 93.1 Å². The highest BCUT2D eigenvalue weighted by Gasteiger charge is 2.26. The van der Waals surface area contributed by atoms with E-state index in [0.717, 1.165) is 20.3 Å². The van der Waals surface area contributed by atoms with Crippen LogP contribution in [0.25, 0.3) is 0 Å². The summed E-state index contributed by atoms with van der Waals surface area (Å²) < 4.78 is 29.4. The molecule has 0 spiro atoms. The van der Waals surface area contributed by atoms with Crippen LogP contribution >= 0.6 is 22.6 Å². The van der Waals surface area contributed by atoms with E-state index < -0.39 is 22.0 Å². The van der Waals surface area contributed by atoms with Crippen molar-refractivity contribution in [1.82, 2.24) is 4.72 Å². The summed E-state index contributed by atoms with van der Waals surface area (Å²) in [4.78, 5) is 13.3. The summed E-state index contributed by atoms with van der Waals surface area (Å²) in [6.45, 7) is 3.81. The summed E-state index contributed by atoms with van der Waals surface area (Å²) in [7, 11) is -3.87. The lowest BCUT2D eigenvalue weighted by Gasteiger charge is -2.20. The Balaban J connectivity index is 1.90. The normalized spacial score (nSPS) is 12.4. The Bertz CT molecular complexity index is 1110. The third-order valence-corrected chi connectivity index (χ3v) is 6.96. The number of carbonyl (C=O) groups is 1. The average molecular weight is 534 g/mol. The number of benzene rings is 3. The second-order valence-corrected chi connectivity index (χ2v) is 10.0. The molecule has 0 saturated carbocycles. The fourth-order valence-electron chi connectivity index (χ4n) is 3.13. The summed E-state index contributed by atoms with van der Waals surface area (Å²) >= 11 is 2.11. The van der Waals surface area contributed by atoms with E-state index in [0.29, 0.717) is 5.69 Å². The second kappa shape index (κ2) is 9.72. The quantitative estimate of drug-likeness (QED) is 0.441. The van der Waals surface area contributed by atoms with Crippen LogP contribution in [0.15, 0.2) is 77.7 Å². The molecule has 0 aromatic heterocycles. The fourth-order valence-corrected chi connectivity index (χ4v) is 4.68. The molecule has 0 aliphatic carbocycles. The number of amides is 1. The van der Waals surface area contributed by atoms with Crippen molar-refractivity contribution >= 4 is 44.2 Å². The lowest BCUT2D eigenvalue weighted by atomic mass is 10.0. The number of aryl methyl sites for hydroxylation is 2. The smallest absolute Gasteiger partial charge is 0.242 e. The molecule has 1 amide bonds. The van der Waals surface area contributed by atoms with Gasteiger partial charge >= 0.3 is 0 Å². The summed E-state index contributed by atoms with van der Waals surface area (Å²) in [5.74, 6) is -0.398. The average Bonchev–Trinajstić information content (AvgIpc) is 2.71. The molecule has 156 valence electrons. The Morgan fingerprint density at radius 3 is 2.10 bits per heavy atom. The molecule has 30 heavy (non-hydrogen) atoms. The molecule has 0 radical (unpaired) electrons. The van der Waals surface area contributed by atoms with E-state index in [2.05, 4.69) is 32.6 Å². The maximum Gasteiger partial charge on any atom is 0.242 e. The van der Waals surface area contributed by atoms with E-state index in [4.69, 9.17) is 0 Å². The first-order valence-electron chi connectivity index (χ1n) is 9.45. The number of rotatable bonds is 7. The molecule has 0 heterocycles. The third kappa shape index (κ3) is 5.68. The highest BCUT2D eigenvalue weighted by atomic mass is 127. The van der Waals surface area contributed by atoms with Crippen LogP contribution in [0.3, 0.4) is 0 Å². The third-order valence-electron chi connectivity index (χ3n) is 4.75. The van der Waals surface area contributed by atoms with Crippen LogP contribution in [-0.4, -0.2) is 20.4 Å². The van der Waals surface area contributed by atoms with E-state index >= 15 is 0 Å². The number of hydrogen-bond acceptors (Lipinski definition) is 3. The van der Waals surface area contributed by atoms with Crippen molar-refractivity contribution in [2.24, 2.45) is 0 Å². The van der Waals surface area contributed by atoms with Crippen LogP contribution in [0.4, 0.5) is 5.69 Å². The Hall–Kier alpha value is -2.23. The zero-order valence-corrected chi connectivity index (χ0v) is 19.7. The predicted molar refractivity (Wildman–Crippen MR) is 128 cm³/mol. The van der Waals surface area contributed by atoms with Gasteiger partial charge < -0.3 is 5.32 Å². The Kier molecular flexibility index (Phi) is 7.27. The van der Waals surface area contributed by atoms with Gasteiger partial charge in [-0.05, 0) is 83.8 Å². The van der Waals surface area contributed by atoms with Gasteiger partial charge in [0.25, 0.3) is 0 Å². The lowest BCUT2D eigenvalue weighted by molar-refractivity contribution is -0.117. The number of para-hydroxylation sites is 1. The van der Waals surface area contributed by atoms with Crippen LogP contribution in [-0.2, 0) is 21.2 Å². The minimum atomic E-state index is -3.87. The van der Waals surface area contributed by atoms with Crippen LogP contribution in [0.2, 0.25) is 0 Å². The summed E-state index contributed by atoms with van der Waals surface area (Å²) in [5, 5.41) is 2.91. The zero-order valence-electron chi connectivity index (χ0n) is 16.7. The molecule has 1 atom stereocenters. The van der Waals surface area contributed by atoms with Crippen LogP contribution in [0.1, 0.15) is 16.7 Å². The minimum Gasteiger partial charge on any atom is -0.324 e. The van der Waals surface area contributed by atoms with Gasteiger partial charge in [0.05, 0.1) is 4.90 Å². The maximum atomic E-state index is 13.1. The van der Waals surface area contributed by atoms with Crippen molar-refractivity contribution in [3.63, 3.8) is 0 Å². The number of anilines is 1. The maximum absolute atomic E-state index is 13.1. The molecule has 7 heteroatoms. The molecule has 3 aromatic carbocycles. The van der Waals surface area contributed by atoms with Gasteiger partial charge in [-0.2, -0.15) is 4.72 Å². The molecule has 0 aliphatic heterocycles. The zero-order chi connectivity index (χ0) is 21.7. The number of sulfonamides is 1. The topological polar surface area (TPSA) is 75.3 Å². The molecule has 3 aromatic rings. The highest BCUT2D eigenvalue weighted by Crippen LogP contribution is 2.20. The van der Waals surface area contributed by atoms with E-state index in [1.54, 1.807) is 12.1 Å². The van der Waals surface area contributed by atoms with E-state index in [9.17, 15) is 13.2 Å². The highest BCUT2D eigenvalue weighted by molar-refractivity contribution is 14.1. The predicted octanol–water partition coefficient (Wildman–Crippen LogP) is 4.44. The summed E-state index contributed by atoms with van der Waals surface area (Å²) in [5.41, 5.74) is 3.41. The largest absolute Gasteiger partial charge is 0.324 e. The first-order valence-corrected chi connectivity index (χ1v) is 12.0. The number of halogens is 1. The standard InChI is InChI=1S/C23H23IN2O3S/c1-16-7-6-8-17(2)22(16)25-23(27)21(15-18-9-4-3-5-10-18)26-30(28,29)20-13-11-19(24)12-14-20/h3-14,21,26H,15H2,1-2H3,(H,25,27)/t21-/m1/s1. The van der Waals surface area contributed by atoms with E-state index in [1.165, 1.54) is 12.1 Å². The van der Waals surface area contributed by atoms with Crippen LogP contribution in [0.5, 0.6) is 0 Å². The number of hydrogen-bond donors (Lipinski definition) is 2. The van der Waals surface area contributed by atoms with Crippen molar-refractivity contribution in [3.8, 4) is 0 Å². The van der Waals surface area contributed by atoms with E-state index in [-0.39, 0.29) is 11.3 Å². The molecule has 3 rings (SSSR count).